The Balaban J connectivity index is 1.93. The summed E-state index contributed by atoms with van der Waals surface area (Å²) < 4.78 is 0. The normalized spacial score (nSPS) is 24.0. The lowest BCUT2D eigenvalue weighted by Crippen LogP contribution is -2.29. The molecule has 1 saturated carbocycles. The smallest absolute Gasteiger partial charge is 0.158 e. The molecule has 0 aliphatic heterocycles. The Labute approximate surface area is 101 Å². The summed E-state index contributed by atoms with van der Waals surface area (Å²) in [5, 5.41) is 21.1. The molecule has 1 aliphatic rings. The van der Waals surface area contributed by atoms with Gasteiger partial charge in [-0.05, 0) is 25.2 Å². The van der Waals surface area contributed by atoms with E-state index in [2.05, 4.69) is 15.3 Å². The average molecular weight is 232 g/mol. The number of aliphatic hydroxyl groups is 1. The van der Waals surface area contributed by atoms with Gasteiger partial charge in [-0.25, -0.2) is 9.97 Å². The van der Waals surface area contributed by atoms with Crippen molar-refractivity contribution in [3.05, 3.63) is 18.1 Å². The second-order valence-corrected chi connectivity index (χ2v) is 4.46. The van der Waals surface area contributed by atoms with Gasteiger partial charge in [0.15, 0.2) is 5.69 Å². The largest absolute Gasteiger partial charge is 0.396 e. The van der Waals surface area contributed by atoms with Crippen molar-refractivity contribution >= 4 is 5.82 Å². The molecule has 2 unspecified atom stereocenters. The van der Waals surface area contributed by atoms with Crippen LogP contribution in [0.25, 0.3) is 0 Å². The molecule has 17 heavy (non-hydrogen) atoms. The van der Waals surface area contributed by atoms with Crippen LogP contribution in [0.1, 0.15) is 31.4 Å². The molecule has 0 saturated heterocycles. The molecule has 0 radical (unpaired) electrons. The first-order valence-corrected chi connectivity index (χ1v) is 5.91. The molecule has 5 heteroatoms. The first kappa shape index (κ1) is 11.8. The minimum Gasteiger partial charge on any atom is -0.396 e. The highest BCUT2D eigenvalue weighted by Gasteiger charge is 2.21. The first-order valence-electron chi connectivity index (χ1n) is 5.91. The summed E-state index contributed by atoms with van der Waals surface area (Å²) in [7, 11) is 0. The molecule has 0 spiro atoms. The molecule has 1 heterocycles. The Morgan fingerprint density at radius 3 is 2.94 bits per heavy atom. The Morgan fingerprint density at radius 2 is 2.29 bits per heavy atom. The van der Waals surface area contributed by atoms with E-state index in [1.807, 2.05) is 6.07 Å². The van der Waals surface area contributed by atoms with E-state index in [4.69, 9.17) is 10.4 Å². The fraction of sp³-hybridized carbons (Fsp3) is 0.583. The molecule has 0 bridgehead atoms. The third kappa shape index (κ3) is 3.14. The molecule has 1 fully saturated rings. The van der Waals surface area contributed by atoms with Crippen LogP contribution in [0.4, 0.5) is 5.82 Å². The maximum absolute atomic E-state index is 9.15. The molecule has 1 aromatic rings. The van der Waals surface area contributed by atoms with E-state index in [-0.39, 0.29) is 6.61 Å². The van der Waals surface area contributed by atoms with Crippen LogP contribution in [-0.4, -0.2) is 27.7 Å². The molecular formula is C12H16N4O. The number of hydrogen-bond donors (Lipinski definition) is 2. The molecule has 0 aromatic carbocycles. The van der Waals surface area contributed by atoms with Gasteiger partial charge in [0.1, 0.15) is 11.9 Å². The third-order valence-electron chi connectivity index (χ3n) is 3.16. The van der Waals surface area contributed by atoms with Crippen molar-refractivity contribution in [2.75, 3.05) is 11.9 Å². The molecule has 90 valence electrons. The van der Waals surface area contributed by atoms with Gasteiger partial charge < -0.3 is 10.4 Å². The number of nitrogens with one attached hydrogen (secondary N) is 1. The van der Waals surface area contributed by atoms with E-state index in [0.717, 1.165) is 25.7 Å². The van der Waals surface area contributed by atoms with Crippen molar-refractivity contribution in [3.8, 4) is 6.07 Å². The van der Waals surface area contributed by atoms with Gasteiger partial charge in [0.25, 0.3) is 0 Å². The van der Waals surface area contributed by atoms with Crippen molar-refractivity contribution in [2.24, 2.45) is 5.92 Å². The maximum atomic E-state index is 9.15. The minimum atomic E-state index is 0.261. The molecule has 2 atom stereocenters. The Morgan fingerprint density at radius 1 is 1.41 bits per heavy atom. The van der Waals surface area contributed by atoms with Gasteiger partial charge in [0, 0.05) is 12.6 Å². The van der Waals surface area contributed by atoms with Crippen molar-refractivity contribution in [3.63, 3.8) is 0 Å². The molecule has 1 aromatic heterocycles. The predicted octanol–water partition coefficient (Wildman–Crippen LogP) is 1.31. The van der Waals surface area contributed by atoms with E-state index in [1.54, 1.807) is 6.20 Å². The van der Waals surface area contributed by atoms with E-state index in [1.165, 1.54) is 6.20 Å². The number of aliphatic hydroxyl groups excluding tert-OH is 1. The summed E-state index contributed by atoms with van der Waals surface area (Å²) >= 11 is 0. The van der Waals surface area contributed by atoms with Gasteiger partial charge in [-0.2, -0.15) is 5.26 Å². The lowest BCUT2D eigenvalue weighted by atomic mass is 9.86. The highest BCUT2D eigenvalue weighted by molar-refractivity contribution is 5.34. The summed E-state index contributed by atoms with van der Waals surface area (Å²) in [6.07, 6.45) is 7.35. The number of hydrogen-bond acceptors (Lipinski definition) is 5. The van der Waals surface area contributed by atoms with Crippen LogP contribution in [0.15, 0.2) is 12.4 Å². The standard InChI is InChI=1S/C12H16N4O/c13-5-11-6-15-12(7-14-11)16-10-3-1-2-9(4-10)8-17/h6-7,9-10,17H,1-4,8H2,(H,15,16). The number of rotatable bonds is 3. The monoisotopic (exact) mass is 232 g/mol. The Hall–Kier alpha value is -1.67. The zero-order valence-electron chi connectivity index (χ0n) is 9.63. The van der Waals surface area contributed by atoms with Crippen LogP contribution in [0.2, 0.25) is 0 Å². The average Bonchev–Trinajstić information content (AvgIpc) is 2.40. The SMILES string of the molecule is N#Cc1cnc(NC2CCCC(CO)C2)cn1. The quantitative estimate of drug-likeness (QED) is 0.821. The lowest BCUT2D eigenvalue weighted by molar-refractivity contribution is 0.184. The minimum absolute atomic E-state index is 0.261. The summed E-state index contributed by atoms with van der Waals surface area (Å²) in [6, 6.07) is 2.29. The van der Waals surface area contributed by atoms with E-state index in [9.17, 15) is 0 Å². The summed E-state index contributed by atoms with van der Waals surface area (Å²) in [5.41, 5.74) is 0.326. The zero-order chi connectivity index (χ0) is 12.1. The van der Waals surface area contributed by atoms with Gasteiger partial charge in [0.2, 0.25) is 0 Å². The maximum Gasteiger partial charge on any atom is 0.158 e. The highest BCUT2D eigenvalue weighted by Crippen LogP contribution is 2.25. The Bertz CT molecular complexity index is 398. The second-order valence-electron chi connectivity index (χ2n) is 4.46. The fourth-order valence-corrected chi connectivity index (χ4v) is 2.26. The number of anilines is 1. The second kappa shape index (κ2) is 5.60. The van der Waals surface area contributed by atoms with Crippen molar-refractivity contribution in [1.29, 1.82) is 5.26 Å². The van der Waals surface area contributed by atoms with Gasteiger partial charge in [0.05, 0.1) is 12.4 Å². The number of nitrogens with zero attached hydrogens (tertiary/aromatic N) is 3. The lowest BCUT2D eigenvalue weighted by Gasteiger charge is -2.28. The van der Waals surface area contributed by atoms with Gasteiger partial charge in [-0.1, -0.05) is 6.42 Å². The number of nitriles is 1. The third-order valence-corrected chi connectivity index (χ3v) is 3.16. The van der Waals surface area contributed by atoms with Gasteiger partial charge in [-0.15, -0.1) is 0 Å². The fourth-order valence-electron chi connectivity index (χ4n) is 2.26. The molecule has 2 rings (SSSR count). The van der Waals surface area contributed by atoms with Crippen molar-refractivity contribution < 1.29 is 5.11 Å². The molecule has 0 amide bonds. The van der Waals surface area contributed by atoms with Crippen LogP contribution in [-0.2, 0) is 0 Å². The molecule has 5 nitrogen and oxygen atoms in total. The van der Waals surface area contributed by atoms with Gasteiger partial charge in [-0.3, -0.25) is 0 Å². The van der Waals surface area contributed by atoms with Crippen LogP contribution >= 0.6 is 0 Å². The Kier molecular flexibility index (Phi) is 3.89. The summed E-state index contributed by atoms with van der Waals surface area (Å²) in [6.45, 7) is 0.261. The van der Waals surface area contributed by atoms with Crippen molar-refractivity contribution in [1.82, 2.24) is 9.97 Å². The van der Waals surface area contributed by atoms with E-state index >= 15 is 0 Å². The molecule has 1 aliphatic carbocycles. The van der Waals surface area contributed by atoms with Crippen LogP contribution < -0.4 is 5.32 Å². The van der Waals surface area contributed by atoms with Crippen molar-refractivity contribution in [2.45, 2.75) is 31.7 Å². The summed E-state index contributed by atoms with van der Waals surface area (Å²) in [5.74, 6) is 1.10. The van der Waals surface area contributed by atoms with Crippen LogP contribution in [0, 0.1) is 17.2 Å². The first-order chi connectivity index (χ1) is 8.31. The van der Waals surface area contributed by atoms with Gasteiger partial charge >= 0.3 is 0 Å². The van der Waals surface area contributed by atoms with Crippen LogP contribution in [0.5, 0.6) is 0 Å². The summed E-state index contributed by atoms with van der Waals surface area (Å²) in [4.78, 5) is 8.10. The molecular weight excluding hydrogens is 216 g/mol. The highest BCUT2D eigenvalue weighted by atomic mass is 16.3. The van der Waals surface area contributed by atoms with Crippen LogP contribution in [0.3, 0.4) is 0 Å². The molecule has 2 N–H and O–H groups in total. The van der Waals surface area contributed by atoms with E-state index in [0.29, 0.717) is 23.5 Å². The zero-order valence-corrected chi connectivity index (χ0v) is 9.63. The number of aromatic nitrogens is 2. The predicted molar refractivity (Wildman–Crippen MR) is 63.2 cm³/mol. The van der Waals surface area contributed by atoms with E-state index < -0.39 is 0 Å². The topological polar surface area (TPSA) is 81.8 Å².